The zero-order valence-electron chi connectivity index (χ0n) is 11.7. The second kappa shape index (κ2) is 8.69. The van der Waals surface area contributed by atoms with E-state index in [0.29, 0.717) is 13.2 Å². The lowest BCUT2D eigenvalue weighted by Gasteiger charge is -2.07. The fourth-order valence-electron chi connectivity index (χ4n) is 1.43. The van der Waals surface area contributed by atoms with Crippen LogP contribution in [0, 0.1) is 10.1 Å². The van der Waals surface area contributed by atoms with Crippen molar-refractivity contribution in [3.05, 3.63) is 27.9 Å². The number of unbranched alkanes of at least 4 members (excludes halogenated alkanes) is 1. The van der Waals surface area contributed by atoms with Crippen LogP contribution in [0.5, 0.6) is 5.88 Å². The minimum atomic E-state index is -0.644. The van der Waals surface area contributed by atoms with Crippen molar-refractivity contribution in [2.24, 2.45) is 10.9 Å². The SMILES string of the molecule is CCCCOCCOc1ncc(C(N)=NO)cc1[N+](=O)[O-]. The maximum absolute atomic E-state index is 11.0. The number of hydrogen-bond donors (Lipinski definition) is 2. The highest BCUT2D eigenvalue weighted by atomic mass is 16.6. The molecule has 0 fully saturated rings. The molecule has 0 aliphatic carbocycles. The summed E-state index contributed by atoms with van der Waals surface area (Å²) in [6, 6.07) is 1.13. The van der Waals surface area contributed by atoms with E-state index in [4.69, 9.17) is 20.4 Å². The smallest absolute Gasteiger partial charge is 0.331 e. The Morgan fingerprint density at radius 1 is 1.52 bits per heavy atom. The van der Waals surface area contributed by atoms with Crippen molar-refractivity contribution in [3.8, 4) is 5.88 Å². The normalized spacial score (nSPS) is 11.4. The lowest BCUT2D eigenvalue weighted by molar-refractivity contribution is -0.386. The Labute approximate surface area is 121 Å². The molecule has 0 atom stereocenters. The lowest BCUT2D eigenvalue weighted by Crippen LogP contribution is -2.15. The summed E-state index contributed by atoms with van der Waals surface area (Å²) in [5.41, 5.74) is 5.14. The molecule has 1 rings (SSSR count). The van der Waals surface area contributed by atoms with Gasteiger partial charge in [0.25, 0.3) is 5.88 Å². The number of oxime groups is 1. The summed E-state index contributed by atoms with van der Waals surface area (Å²) in [4.78, 5) is 14.1. The molecule has 21 heavy (non-hydrogen) atoms. The van der Waals surface area contributed by atoms with Gasteiger partial charge in [-0.3, -0.25) is 10.1 Å². The van der Waals surface area contributed by atoms with Crippen LogP contribution in [0.2, 0.25) is 0 Å². The molecule has 0 radical (unpaired) electrons. The monoisotopic (exact) mass is 298 g/mol. The molecule has 9 nitrogen and oxygen atoms in total. The summed E-state index contributed by atoms with van der Waals surface area (Å²) in [7, 11) is 0. The van der Waals surface area contributed by atoms with Crippen molar-refractivity contribution in [1.82, 2.24) is 4.98 Å². The lowest BCUT2D eigenvalue weighted by atomic mass is 10.2. The molecule has 1 heterocycles. The molecule has 0 unspecified atom stereocenters. The summed E-state index contributed by atoms with van der Waals surface area (Å²) < 4.78 is 10.5. The number of nitro groups is 1. The largest absolute Gasteiger partial charge is 0.470 e. The maximum atomic E-state index is 11.0. The summed E-state index contributed by atoms with van der Waals surface area (Å²) in [6.07, 6.45) is 3.21. The summed E-state index contributed by atoms with van der Waals surface area (Å²) in [6.45, 7) is 3.15. The van der Waals surface area contributed by atoms with E-state index in [0.717, 1.165) is 18.9 Å². The number of nitrogens with zero attached hydrogens (tertiary/aromatic N) is 3. The number of aromatic nitrogens is 1. The Balaban J connectivity index is 2.67. The van der Waals surface area contributed by atoms with Crippen molar-refractivity contribution in [2.45, 2.75) is 19.8 Å². The van der Waals surface area contributed by atoms with Gasteiger partial charge in [0.1, 0.15) is 6.61 Å². The molecule has 0 aromatic carbocycles. The van der Waals surface area contributed by atoms with Crippen LogP contribution < -0.4 is 10.5 Å². The van der Waals surface area contributed by atoms with Crippen molar-refractivity contribution in [2.75, 3.05) is 19.8 Å². The molecule has 1 aromatic heterocycles. The van der Waals surface area contributed by atoms with Crippen molar-refractivity contribution in [3.63, 3.8) is 0 Å². The Morgan fingerprint density at radius 2 is 2.29 bits per heavy atom. The van der Waals surface area contributed by atoms with Gasteiger partial charge in [-0.15, -0.1) is 0 Å². The van der Waals surface area contributed by atoms with Crippen LogP contribution in [0.4, 0.5) is 5.69 Å². The first-order valence-corrected chi connectivity index (χ1v) is 6.43. The number of amidine groups is 1. The van der Waals surface area contributed by atoms with Gasteiger partial charge in [-0.2, -0.15) is 0 Å². The standard InChI is InChI=1S/C12H18N4O5/c1-2-3-4-20-5-6-21-12-10(16(18)19)7-9(8-14-12)11(13)15-17/h7-8,17H,2-6H2,1H3,(H2,13,15). The maximum Gasteiger partial charge on any atom is 0.331 e. The summed E-state index contributed by atoms with van der Waals surface area (Å²) >= 11 is 0. The first-order valence-electron chi connectivity index (χ1n) is 6.43. The van der Waals surface area contributed by atoms with E-state index >= 15 is 0 Å². The van der Waals surface area contributed by atoms with E-state index in [2.05, 4.69) is 17.1 Å². The fraction of sp³-hybridized carbons (Fsp3) is 0.500. The second-order valence-corrected chi connectivity index (χ2v) is 4.11. The second-order valence-electron chi connectivity index (χ2n) is 4.11. The van der Waals surface area contributed by atoms with Gasteiger partial charge in [0.2, 0.25) is 0 Å². The van der Waals surface area contributed by atoms with Gasteiger partial charge in [0, 0.05) is 24.4 Å². The molecule has 9 heteroatoms. The molecule has 3 N–H and O–H groups in total. The van der Waals surface area contributed by atoms with E-state index in [-0.39, 0.29) is 29.6 Å². The van der Waals surface area contributed by atoms with E-state index in [1.807, 2.05) is 0 Å². The number of rotatable bonds is 9. The minimum absolute atomic E-state index is 0.131. The molecule has 116 valence electrons. The van der Waals surface area contributed by atoms with Gasteiger partial charge in [-0.1, -0.05) is 18.5 Å². The number of hydrogen-bond acceptors (Lipinski definition) is 7. The van der Waals surface area contributed by atoms with Gasteiger partial charge in [0.05, 0.1) is 11.5 Å². The van der Waals surface area contributed by atoms with Crippen LogP contribution in [0.25, 0.3) is 0 Å². The third-order valence-corrected chi connectivity index (χ3v) is 2.54. The molecule has 0 spiro atoms. The van der Waals surface area contributed by atoms with Crippen LogP contribution in [0.3, 0.4) is 0 Å². The molecular weight excluding hydrogens is 280 g/mol. The molecule has 0 saturated heterocycles. The first-order chi connectivity index (χ1) is 10.1. The quantitative estimate of drug-likeness (QED) is 0.175. The van der Waals surface area contributed by atoms with Crippen LogP contribution in [0.1, 0.15) is 25.3 Å². The molecule has 1 aromatic rings. The van der Waals surface area contributed by atoms with Crippen LogP contribution in [-0.4, -0.2) is 40.8 Å². The third-order valence-electron chi connectivity index (χ3n) is 2.54. The van der Waals surface area contributed by atoms with E-state index in [9.17, 15) is 10.1 Å². The molecule has 0 saturated carbocycles. The highest BCUT2D eigenvalue weighted by Gasteiger charge is 2.19. The molecule has 0 bridgehead atoms. The molecular formula is C12H18N4O5. The fourth-order valence-corrected chi connectivity index (χ4v) is 1.43. The van der Waals surface area contributed by atoms with Crippen LogP contribution in [-0.2, 0) is 4.74 Å². The van der Waals surface area contributed by atoms with Gasteiger partial charge in [-0.05, 0) is 6.42 Å². The summed E-state index contributed by atoms with van der Waals surface area (Å²) in [5, 5.41) is 22.3. The predicted octanol–water partition coefficient (Wildman–Crippen LogP) is 1.28. The predicted molar refractivity (Wildman–Crippen MR) is 74.6 cm³/mol. The third kappa shape index (κ3) is 5.22. The number of ether oxygens (including phenoxy) is 2. The molecule has 0 aliphatic rings. The van der Waals surface area contributed by atoms with Gasteiger partial charge < -0.3 is 20.4 Å². The molecule has 0 aliphatic heterocycles. The Bertz CT molecular complexity index is 506. The van der Waals surface area contributed by atoms with Crippen molar-refractivity contribution < 1.29 is 19.6 Å². The zero-order valence-corrected chi connectivity index (χ0v) is 11.7. The zero-order chi connectivity index (χ0) is 15.7. The van der Waals surface area contributed by atoms with E-state index in [1.54, 1.807) is 0 Å². The van der Waals surface area contributed by atoms with Gasteiger partial charge in [0.15, 0.2) is 5.84 Å². The highest BCUT2D eigenvalue weighted by molar-refractivity contribution is 5.97. The Hall–Kier alpha value is -2.42. The Kier molecular flexibility index (Phi) is 6.88. The minimum Gasteiger partial charge on any atom is -0.470 e. The van der Waals surface area contributed by atoms with Crippen molar-refractivity contribution >= 4 is 11.5 Å². The van der Waals surface area contributed by atoms with Crippen LogP contribution >= 0.6 is 0 Å². The summed E-state index contributed by atoms with van der Waals surface area (Å²) in [5.74, 6) is -0.395. The van der Waals surface area contributed by atoms with Crippen molar-refractivity contribution in [1.29, 1.82) is 0 Å². The average Bonchev–Trinajstić information content (AvgIpc) is 2.49. The first kappa shape index (κ1) is 16.6. The topological polar surface area (TPSA) is 133 Å². The highest BCUT2D eigenvalue weighted by Crippen LogP contribution is 2.24. The van der Waals surface area contributed by atoms with E-state index < -0.39 is 4.92 Å². The van der Waals surface area contributed by atoms with Crippen LogP contribution in [0.15, 0.2) is 17.4 Å². The number of pyridine rings is 1. The Morgan fingerprint density at radius 3 is 2.90 bits per heavy atom. The van der Waals surface area contributed by atoms with Gasteiger partial charge in [-0.25, -0.2) is 4.98 Å². The van der Waals surface area contributed by atoms with Gasteiger partial charge >= 0.3 is 5.69 Å². The molecule has 0 amide bonds. The average molecular weight is 298 g/mol. The number of nitrogens with two attached hydrogens (primary N) is 1. The van der Waals surface area contributed by atoms with E-state index in [1.165, 1.54) is 6.20 Å².